The third kappa shape index (κ3) is 3.18. The van der Waals surface area contributed by atoms with Crippen molar-refractivity contribution in [1.29, 1.82) is 5.41 Å². The predicted octanol–water partition coefficient (Wildman–Crippen LogP) is 3.61. The minimum Gasteiger partial charge on any atom is -0.497 e. The van der Waals surface area contributed by atoms with E-state index in [1.54, 1.807) is 19.2 Å². The number of aromatic nitrogens is 3. The number of benzene rings is 2. The Morgan fingerprint density at radius 1 is 1.35 bits per heavy atom. The Kier molecular flexibility index (Phi) is 4.77. The van der Waals surface area contributed by atoms with E-state index in [-0.39, 0.29) is 16.4 Å². The van der Waals surface area contributed by atoms with E-state index in [1.807, 2.05) is 0 Å². The fraction of sp³-hybridized carbons (Fsp3) is 0.118. The monoisotopic (exact) mass is 374 g/mol. The molecule has 0 unspecified atom stereocenters. The van der Waals surface area contributed by atoms with Crippen LogP contribution in [0.3, 0.4) is 0 Å². The van der Waals surface area contributed by atoms with Crippen molar-refractivity contribution in [2.24, 2.45) is 7.05 Å². The lowest BCUT2D eigenvalue weighted by molar-refractivity contribution is 0.414. The average molecular weight is 375 g/mol. The van der Waals surface area contributed by atoms with Crippen LogP contribution in [-0.2, 0) is 7.05 Å². The minimum absolute atomic E-state index is 0.199. The van der Waals surface area contributed by atoms with Crippen LogP contribution < -0.4 is 15.8 Å². The van der Waals surface area contributed by atoms with E-state index in [0.29, 0.717) is 28.6 Å². The highest BCUT2D eigenvalue weighted by Gasteiger charge is 2.16. The van der Waals surface area contributed by atoms with Crippen LogP contribution in [0.2, 0.25) is 5.02 Å². The molecule has 0 saturated carbocycles. The van der Waals surface area contributed by atoms with Crippen LogP contribution >= 0.6 is 11.6 Å². The maximum absolute atomic E-state index is 14.1. The first-order valence-electron chi connectivity index (χ1n) is 7.55. The van der Waals surface area contributed by atoms with Crippen molar-refractivity contribution >= 4 is 35.1 Å². The SMILES string of the molecule is COc1ccc(F)c(-c2nc(Nc3ccc(N)c(C=N)c3Cl)n(C)n2)c1. The molecule has 7 nitrogen and oxygen atoms in total. The zero-order valence-corrected chi connectivity index (χ0v) is 14.8. The van der Waals surface area contributed by atoms with Gasteiger partial charge in [0.2, 0.25) is 5.95 Å². The molecule has 0 radical (unpaired) electrons. The molecule has 0 aliphatic heterocycles. The highest BCUT2D eigenvalue weighted by atomic mass is 35.5. The Bertz CT molecular complexity index is 988. The number of nitrogen functional groups attached to an aromatic ring is 1. The molecule has 3 aromatic rings. The van der Waals surface area contributed by atoms with Crippen LogP contribution in [0.15, 0.2) is 30.3 Å². The Morgan fingerprint density at radius 3 is 2.81 bits per heavy atom. The molecule has 0 fully saturated rings. The minimum atomic E-state index is -0.459. The third-order valence-corrected chi connectivity index (χ3v) is 4.19. The molecule has 0 aliphatic rings. The van der Waals surface area contributed by atoms with E-state index in [9.17, 15) is 4.39 Å². The fourth-order valence-corrected chi connectivity index (χ4v) is 2.66. The van der Waals surface area contributed by atoms with Gasteiger partial charge < -0.3 is 21.2 Å². The molecule has 0 atom stereocenters. The second kappa shape index (κ2) is 7.01. The van der Waals surface area contributed by atoms with Gasteiger partial charge in [-0.3, -0.25) is 0 Å². The largest absolute Gasteiger partial charge is 0.497 e. The summed E-state index contributed by atoms with van der Waals surface area (Å²) >= 11 is 6.28. The number of nitrogens with two attached hydrogens (primary N) is 1. The van der Waals surface area contributed by atoms with E-state index >= 15 is 0 Å². The zero-order chi connectivity index (χ0) is 18.8. The third-order valence-electron chi connectivity index (χ3n) is 3.78. The van der Waals surface area contributed by atoms with Gasteiger partial charge in [-0.25, -0.2) is 9.07 Å². The number of methoxy groups -OCH3 is 1. The van der Waals surface area contributed by atoms with Gasteiger partial charge in [0, 0.05) is 24.5 Å². The van der Waals surface area contributed by atoms with Crippen molar-refractivity contribution < 1.29 is 9.13 Å². The maximum atomic E-state index is 14.1. The highest BCUT2D eigenvalue weighted by Crippen LogP contribution is 2.32. The van der Waals surface area contributed by atoms with Crippen LogP contribution in [0.25, 0.3) is 11.4 Å². The summed E-state index contributed by atoms with van der Waals surface area (Å²) in [6, 6.07) is 7.65. The Morgan fingerprint density at radius 2 is 2.12 bits per heavy atom. The summed E-state index contributed by atoms with van der Waals surface area (Å²) in [5.74, 6) is 0.593. The summed E-state index contributed by atoms with van der Waals surface area (Å²) in [5, 5.41) is 15.0. The van der Waals surface area contributed by atoms with Crippen LogP contribution in [0.5, 0.6) is 5.75 Å². The first-order valence-corrected chi connectivity index (χ1v) is 7.92. The summed E-state index contributed by atoms with van der Waals surface area (Å²) in [6.07, 6.45) is 1.08. The molecular formula is C17H16ClFN6O. The van der Waals surface area contributed by atoms with Gasteiger partial charge in [-0.05, 0) is 30.3 Å². The summed E-state index contributed by atoms with van der Waals surface area (Å²) in [7, 11) is 3.17. The van der Waals surface area contributed by atoms with Crippen LogP contribution in [0.4, 0.5) is 21.7 Å². The Labute approximate surface area is 154 Å². The molecular weight excluding hydrogens is 359 g/mol. The lowest BCUT2D eigenvalue weighted by Crippen LogP contribution is -2.03. The molecule has 26 heavy (non-hydrogen) atoms. The number of ether oxygens (including phenoxy) is 1. The highest BCUT2D eigenvalue weighted by molar-refractivity contribution is 6.36. The number of aryl methyl sites for hydroxylation is 1. The normalized spacial score (nSPS) is 10.6. The number of rotatable bonds is 5. The zero-order valence-electron chi connectivity index (χ0n) is 14.0. The molecule has 9 heteroatoms. The number of hydrogen-bond acceptors (Lipinski definition) is 6. The summed E-state index contributed by atoms with van der Waals surface area (Å²) in [5.41, 5.74) is 7.32. The molecule has 3 rings (SSSR count). The van der Waals surface area contributed by atoms with Crippen molar-refractivity contribution in [2.75, 3.05) is 18.2 Å². The Hall–Kier alpha value is -3.13. The quantitative estimate of drug-likeness (QED) is 0.467. The number of nitrogens with zero attached hydrogens (tertiary/aromatic N) is 3. The van der Waals surface area contributed by atoms with Gasteiger partial charge in [0.15, 0.2) is 5.82 Å². The van der Waals surface area contributed by atoms with Crippen LogP contribution in [0.1, 0.15) is 5.56 Å². The van der Waals surface area contributed by atoms with E-state index in [0.717, 1.165) is 6.21 Å². The van der Waals surface area contributed by atoms with Crippen molar-refractivity contribution in [3.05, 3.63) is 46.7 Å². The molecule has 1 aromatic heterocycles. The molecule has 0 bridgehead atoms. The number of nitrogens with one attached hydrogen (secondary N) is 2. The molecule has 0 saturated heterocycles. The summed E-state index contributed by atoms with van der Waals surface area (Å²) in [4.78, 5) is 4.33. The average Bonchev–Trinajstić information content (AvgIpc) is 2.99. The van der Waals surface area contributed by atoms with Crippen molar-refractivity contribution in [3.63, 3.8) is 0 Å². The number of hydrogen-bond donors (Lipinski definition) is 3. The second-order valence-corrected chi connectivity index (χ2v) is 5.81. The Balaban J connectivity index is 1.99. The van der Waals surface area contributed by atoms with Gasteiger partial charge in [0.1, 0.15) is 11.6 Å². The van der Waals surface area contributed by atoms with Gasteiger partial charge >= 0.3 is 0 Å². The van der Waals surface area contributed by atoms with Crippen molar-refractivity contribution in [2.45, 2.75) is 0 Å². The second-order valence-electron chi connectivity index (χ2n) is 5.43. The smallest absolute Gasteiger partial charge is 0.226 e. The molecule has 0 amide bonds. The van der Waals surface area contributed by atoms with Gasteiger partial charge in [-0.1, -0.05) is 11.6 Å². The van der Waals surface area contributed by atoms with Crippen LogP contribution in [-0.4, -0.2) is 28.1 Å². The van der Waals surface area contributed by atoms with E-state index < -0.39 is 5.82 Å². The molecule has 1 heterocycles. The number of anilines is 3. The van der Waals surface area contributed by atoms with Gasteiger partial charge in [0.05, 0.1) is 23.4 Å². The molecule has 0 spiro atoms. The van der Waals surface area contributed by atoms with Crippen molar-refractivity contribution in [3.8, 4) is 17.1 Å². The molecule has 134 valence electrons. The maximum Gasteiger partial charge on any atom is 0.226 e. The van der Waals surface area contributed by atoms with Crippen LogP contribution in [0, 0.1) is 11.2 Å². The van der Waals surface area contributed by atoms with E-state index in [4.69, 9.17) is 27.5 Å². The summed E-state index contributed by atoms with van der Waals surface area (Å²) < 4.78 is 20.7. The van der Waals surface area contributed by atoms with Gasteiger partial charge in [-0.15, -0.1) is 5.10 Å². The molecule has 4 N–H and O–H groups in total. The first-order chi connectivity index (χ1) is 12.4. The topological polar surface area (TPSA) is 102 Å². The van der Waals surface area contributed by atoms with Gasteiger partial charge in [-0.2, -0.15) is 4.98 Å². The summed E-state index contributed by atoms with van der Waals surface area (Å²) in [6.45, 7) is 0. The lowest BCUT2D eigenvalue weighted by atomic mass is 10.1. The number of halogens is 2. The van der Waals surface area contributed by atoms with E-state index in [2.05, 4.69) is 15.4 Å². The fourth-order valence-electron chi connectivity index (χ4n) is 2.38. The van der Waals surface area contributed by atoms with E-state index in [1.165, 1.54) is 30.0 Å². The van der Waals surface area contributed by atoms with Gasteiger partial charge in [0.25, 0.3) is 0 Å². The first kappa shape index (κ1) is 17.7. The lowest BCUT2D eigenvalue weighted by Gasteiger charge is -2.10. The standard InChI is InChI=1S/C17H16ClFN6O/c1-25-17(22-14-6-5-13(21)11(8-20)15(14)18)23-16(24-25)10-7-9(26-2)3-4-12(10)19/h3-8,20H,21H2,1-2H3,(H,22,23,24). The molecule has 0 aliphatic carbocycles. The molecule has 2 aromatic carbocycles. The predicted molar refractivity (Wildman–Crippen MR) is 100.0 cm³/mol. The van der Waals surface area contributed by atoms with Crippen molar-refractivity contribution in [1.82, 2.24) is 14.8 Å².